The molecule has 0 saturated heterocycles. The van der Waals surface area contributed by atoms with Crippen LogP contribution in [0, 0.1) is 11.3 Å². The summed E-state index contributed by atoms with van der Waals surface area (Å²) < 4.78 is 11.2. The van der Waals surface area contributed by atoms with Crippen molar-refractivity contribution in [2.45, 2.75) is 11.3 Å². The van der Waals surface area contributed by atoms with Crippen molar-refractivity contribution >= 4 is 35.8 Å². The zero-order valence-corrected chi connectivity index (χ0v) is 17.1. The predicted octanol–water partition coefficient (Wildman–Crippen LogP) is 5.48. The van der Waals surface area contributed by atoms with Gasteiger partial charge in [0, 0.05) is 22.7 Å². The average molecular weight is 425 g/mol. The van der Waals surface area contributed by atoms with Gasteiger partial charge in [0.05, 0.1) is 30.2 Å². The van der Waals surface area contributed by atoms with Crippen LogP contribution < -0.4 is 14.8 Å². The van der Waals surface area contributed by atoms with Crippen LogP contribution in [0.3, 0.4) is 0 Å². The Balaban J connectivity index is 1.79. The van der Waals surface area contributed by atoms with Crippen molar-refractivity contribution in [3.63, 3.8) is 0 Å². The normalized spacial score (nSPS) is 10.1. The molecule has 0 aliphatic rings. The number of carbonyl (C=O) groups is 1. The lowest BCUT2D eigenvalue weighted by Crippen LogP contribution is -2.14. The molecule has 3 aromatic rings. The number of nitriles is 1. The van der Waals surface area contributed by atoms with Crippen molar-refractivity contribution in [1.29, 1.82) is 5.26 Å². The molecule has 1 amide bonds. The Morgan fingerprint density at radius 1 is 1.10 bits per heavy atom. The van der Waals surface area contributed by atoms with E-state index in [1.165, 1.54) is 7.11 Å². The van der Waals surface area contributed by atoms with Crippen molar-refractivity contribution in [2.75, 3.05) is 12.4 Å². The highest BCUT2D eigenvalue weighted by atomic mass is 35.5. The molecule has 0 saturated carbocycles. The molecule has 3 rings (SSSR count). The molecule has 5 nitrogen and oxygen atoms in total. The number of benzene rings is 3. The van der Waals surface area contributed by atoms with Gasteiger partial charge < -0.3 is 14.8 Å². The molecule has 0 aliphatic carbocycles. The third kappa shape index (κ3) is 5.67. The topological polar surface area (TPSA) is 71.3 Å². The Labute approximate surface area is 179 Å². The van der Waals surface area contributed by atoms with Gasteiger partial charge in [0.1, 0.15) is 17.2 Å². The number of carbonyl (C=O) groups excluding carboxylic acids is 1. The Morgan fingerprint density at radius 2 is 1.83 bits per heavy atom. The third-order valence-corrected chi connectivity index (χ3v) is 4.59. The monoisotopic (exact) mass is 424 g/mol. The van der Waals surface area contributed by atoms with E-state index < -0.39 is 0 Å². The summed E-state index contributed by atoms with van der Waals surface area (Å²) in [7, 11) is 1.53. The van der Waals surface area contributed by atoms with Crippen molar-refractivity contribution < 1.29 is 14.3 Å². The summed E-state index contributed by atoms with van der Waals surface area (Å²) in [6.45, 7) is 0. The van der Waals surface area contributed by atoms with Gasteiger partial charge in [-0.15, -0.1) is 12.6 Å². The first-order chi connectivity index (χ1) is 14.0. The summed E-state index contributed by atoms with van der Waals surface area (Å²) >= 11 is 10.4. The van der Waals surface area contributed by atoms with Gasteiger partial charge in [-0.3, -0.25) is 4.79 Å². The number of nitrogens with one attached hydrogen (secondary N) is 1. The van der Waals surface area contributed by atoms with Crippen LogP contribution in [-0.2, 0) is 11.2 Å². The average Bonchev–Trinajstić information content (AvgIpc) is 2.71. The maximum atomic E-state index is 12.4. The lowest BCUT2D eigenvalue weighted by molar-refractivity contribution is -0.115. The number of methoxy groups -OCH3 is 1. The molecule has 1 N–H and O–H groups in total. The second-order valence-electron chi connectivity index (χ2n) is 6.15. The molecule has 0 fully saturated rings. The Morgan fingerprint density at radius 3 is 2.52 bits per heavy atom. The van der Waals surface area contributed by atoms with Crippen molar-refractivity contribution in [2.24, 2.45) is 0 Å². The van der Waals surface area contributed by atoms with Crippen molar-refractivity contribution in [3.8, 4) is 23.3 Å². The van der Waals surface area contributed by atoms with E-state index in [1.54, 1.807) is 60.7 Å². The van der Waals surface area contributed by atoms with Crippen LogP contribution >= 0.6 is 24.2 Å². The van der Waals surface area contributed by atoms with E-state index in [2.05, 4.69) is 17.9 Å². The van der Waals surface area contributed by atoms with Crippen LogP contribution in [0.1, 0.15) is 11.1 Å². The third-order valence-electron chi connectivity index (χ3n) is 3.98. The molecular weight excluding hydrogens is 408 g/mol. The van der Waals surface area contributed by atoms with Gasteiger partial charge in [0.15, 0.2) is 0 Å². The second-order valence-corrected chi connectivity index (χ2v) is 7.07. The molecule has 3 aromatic carbocycles. The number of halogens is 1. The van der Waals surface area contributed by atoms with E-state index >= 15 is 0 Å². The first-order valence-electron chi connectivity index (χ1n) is 8.61. The lowest BCUT2D eigenvalue weighted by atomic mass is 10.1. The highest BCUT2D eigenvalue weighted by Gasteiger charge is 2.11. The number of nitrogens with zero attached hydrogens (tertiary/aromatic N) is 1. The van der Waals surface area contributed by atoms with Gasteiger partial charge in [0.25, 0.3) is 0 Å². The van der Waals surface area contributed by atoms with Crippen LogP contribution in [0.5, 0.6) is 17.2 Å². The summed E-state index contributed by atoms with van der Waals surface area (Å²) in [5.74, 6) is 1.16. The molecule has 7 heteroatoms. The number of anilines is 1. The Kier molecular flexibility index (Phi) is 6.65. The molecular formula is C22H17ClN2O3S. The van der Waals surface area contributed by atoms with E-state index in [9.17, 15) is 4.79 Å². The van der Waals surface area contributed by atoms with Gasteiger partial charge >= 0.3 is 0 Å². The SMILES string of the molecule is COc1cc(CC(=O)Nc2ccc(S)cc2)cc(Oc2cc(C#N)ccc2Cl)c1. The molecule has 0 heterocycles. The fraction of sp³-hybridized carbons (Fsp3) is 0.0909. The molecule has 0 atom stereocenters. The van der Waals surface area contributed by atoms with Crippen LogP contribution in [0.4, 0.5) is 5.69 Å². The summed E-state index contributed by atoms with van der Waals surface area (Å²) in [6, 6.07) is 19.1. The zero-order valence-electron chi connectivity index (χ0n) is 15.5. The Bertz CT molecular complexity index is 1080. The first kappa shape index (κ1) is 20.6. The second kappa shape index (κ2) is 9.37. The number of ether oxygens (including phenoxy) is 2. The zero-order chi connectivity index (χ0) is 20.8. The smallest absolute Gasteiger partial charge is 0.228 e. The quantitative estimate of drug-likeness (QED) is 0.514. The van der Waals surface area contributed by atoms with E-state index in [0.717, 1.165) is 4.90 Å². The van der Waals surface area contributed by atoms with Crippen LogP contribution in [0.25, 0.3) is 0 Å². The van der Waals surface area contributed by atoms with Crippen molar-refractivity contribution in [3.05, 3.63) is 76.8 Å². The van der Waals surface area contributed by atoms with Crippen LogP contribution in [-0.4, -0.2) is 13.0 Å². The maximum absolute atomic E-state index is 12.4. The first-order valence-corrected chi connectivity index (χ1v) is 9.43. The predicted molar refractivity (Wildman–Crippen MR) is 115 cm³/mol. The van der Waals surface area contributed by atoms with Crippen LogP contribution in [0.15, 0.2) is 65.6 Å². The highest BCUT2D eigenvalue weighted by Crippen LogP contribution is 2.33. The van der Waals surface area contributed by atoms with Gasteiger partial charge in [-0.1, -0.05) is 11.6 Å². The summed E-state index contributed by atoms with van der Waals surface area (Å²) in [5, 5.41) is 12.3. The number of hydrogen-bond acceptors (Lipinski definition) is 5. The number of rotatable bonds is 6. The highest BCUT2D eigenvalue weighted by molar-refractivity contribution is 7.80. The molecule has 0 aromatic heterocycles. The summed E-state index contributed by atoms with van der Waals surface area (Å²) in [4.78, 5) is 13.2. The number of amides is 1. The van der Waals surface area contributed by atoms with E-state index in [1.807, 2.05) is 6.07 Å². The maximum Gasteiger partial charge on any atom is 0.228 e. The Hall–Kier alpha value is -3.14. The summed E-state index contributed by atoms with van der Waals surface area (Å²) in [6.07, 6.45) is 0.127. The molecule has 146 valence electrons. The largest absolute Gasteiger partial charge is 0.497 e. The molecule has 0 aliphatic heterocycles. The van der Waals surface area contributed by atoms with E-state index in [0.29, 0.717) is 39.1 Å². The molecule has 29 heavy (non-hydrogen) atoms. The van der Waals surface area contributed by atoms with E-state index in [-0.39, 0.29) is 12.3 Å². The van der Waals surface area contributed by atoms with Gasteiger partial charge in [-0.05, 0) is 54.1 Å². The molecule has 0 radical (unpaired) electrons. The van der Waals surface area contributed by atoms with Crippen molar-refractivity contribution in [1.82, 2.24) is 0 Å². The molecule has 0 bridgehead atoms. The standard InChI is InChI=1S/C22H17ClN2O3S/c1-27-17-8-15(11-22(26)25-16-3-5-19(29)6-4-16)9-18(12-17)28-21-10-14(13-24)2-7-20(21)23/h2-10,12,29H,11H2,1H3,(H,25,26). The van der Waals surface area contributed by atoms with E-state index in [4.69, 9.17) is 26.3 Å². The molecule has 0 spiro atoms. The fourth-order valence-electron chi connectivity index (χ4n) is 2.62. The molecule has 0 unspecified atom stereocenters. The number of thiol groups is 1. The fourth-order valence-corrected chi connectivity index (χ4v) is 2.93. The van der Waals surface area contributed by atoms with Crippen LogP contribution in [0.2, 0.25) is 5.02 Å². The summed E-state index contributed by atoms with van der Waals surface area (Å²) in [5.41, 5.74) is 1.82. The minimum Gasteiger partial charge on any atom is -0.497 e. The van der Waals surface area contributed by atoms with Gasteiger partial charge in [-0.25, -0.2) is 0 Å². The van der Waals surface area contributed by atoms with Gasteiger partial charge in [0.2, 0.25) is 5.91 Å². The number of hydrogen-bond donors (Lipinski definition) is 2. The minimum absolute atomic E-state index is 0.127. The van der Waals surface area contributed by atoms with Gasteiger partial charge in [-0.2, -0.15) is 5.26 Å². The minimum atomic E-state index is -0.180. The lowest BCUT2D eigenvalue weighted by Gasteiger charge is -2.12.